The number of carbonyl (C=O) groups is 1. The van der Waals surface area contributed by atoms with Crippen molar-refractivity contribution in [1.82, 2.24) is 19.8 Å². The van der Waals surface area contributed by atoms with Crippen LogP contribution in [0.25, 0.3) is 21.6 Å². The van der Waals surface area contributed by atoms with E-state index < -0.39 is 0 Å². The first-order valence-corrected chi connectivity index (χ1v) is 8.37. The molecular formula is C17H20N4OS. The van der Waals surface area contributed by atoms with E-state index in [1.165, 1.54) is 16.7 Å². The second kappa shape index (κ2) is 6.52. The lowest BCUT2D eigenvalue weighted by molar-refractivity contribution is 0.0947. The Labute approximate surface area is 139 Å². The zero-order chi connectivity index (χ0) is 16.4. The minimum Gasteiger partial charge on any atom is -0.349 e. The van der Waals surface area contributed by atoms with Gasteiger partial charge in [-0.05, 0) is 26.2 Å². The van der Waals surface area contributed by atoms with Crippen LogP contribution < -0.4 is 5.32 Å². The highest BCUT2D eigenvalue weighted by atomic mass is 32.1. The molecule has 0 saturated heterocycles. The normalized spacial score (nSPS) is 11.3. The van der Waals surface area contributed by atoms with Gasteiger partial charge in [-0.3, -0.25) is 4.79 Å². The maximum Gasteiger partial charge on any atom is 0.270 e. The SMILES string of the molecule is CN(C)CCNC(=O)c1csc(-c2cc3ccccc3n2C)n1. The number of nitrogens with one attached hydrogen (secondary N) is 1. The number of aryl methyl sites for hydroxylation is 1. The van der Waals surface area contributed by atoms with E-state index in [-0.39, 0.29) is 5.91 Å². The number of aromatic nitrogens is 2. The van der Waals surface area contributed by atoms with Crippen molar-refractivity contribution in [3.8, 4) is 10.7 Å². The Morgan fingerprint density at radius 1 is 1.35 bits per heavy atom. The number of hydrogen-bond donors (Lipinski definition) is 1. The molecule has 1 aromatic carbocycles. The van der Waals surface area contributed by atoms with Crippen molar-refractivity contribution in [3.63, 3.8) is 0 Å². The molecule has 2 heterocycles. The lowest BCUT2D eigenvalue weighted by atomic mass is 10.2. The number of rotatable bonds is 5. The highest BCUT2D eigenvalue weighted by molar-refractivity contribution is 7.13. The van der Waals surface area contributed by atoms with Gasteiger partial charge < -0.3 is 14.8 Å². The van der Waals surface area contributed by atoms with Crippen LogP contribution in [0.5, 0.6) is 0 Å². The predicted molar refractivity (Wildman–Crippen MR) is 94.9 cm³/mol. The first kappa shape index (κ1) is 15.7. The summed E-state index contributed by atoms with van der Waals surface area (Å²) in [4.78, 5) is 18.7. The van der Waals surface area contributed by atoms with Crippen LogP contribution in [0.1, 0.15) is 10.5 Å². The van der Waals surface area contributed by atoms with E-state index in [1.807, 2.05) is 43.6 Å². The van der Waals surface area contributed by atoms with Gasteiger partial charge in [-0.15, -0.1) is 11.3 Å². The number of thiazole rings is 1. The zero-order valence-electron chi connectivity index (χ0n) is 13.5. The molecular weight excluding hydrogens is 308 g/mol. The fourth-order valence-corrected chi connectivity index (χ4v) is 3.32. The molecule has 2 aromatic heterocycles. The smallest absolute Gasteiger partial charge is 0.270 e. The van der Waals surface area contributed by atoms with Gasteiger partial charge in [0.25, 0.3) is 5.91 Å². The molecule has 0 bridgehead atoms. The Kier molecular flexibility index (Phi) is 4.45. The Morgan fingerprint density at radius 2 is 2.13 bits per heavy atom. The lowest BCUT2D eigenvalue weighted by Gasteiger charge is -2.09. The molecule has 0 fully saturated rings. The van der Waals surface area contributed by atoms with Gasteiger partial charge in [-0.2, -0.15) is 0 Å². The molecule has 120 valence electrons. The first-order chi connectivity index (χ1) is 11.1. The number of likely N-dealkylation sites (N-methyl/N-ethyl adjacent to an activating group) is 1. The zero-order valence-corrected chi connectivity index (χ0v) is 14.4. The third kappa shape index (κ3) is 3.28. The summed E-state index contributed by atoms with van der Waals surface area (Å²) in [6, 6.07) is 10.3. The van der Waals surface area contributed by atoms with Crippen LogP contribution in [0.4, 0.5) is 0 Å². The van der Waals surface area contributed by atoms with Gasteiger partial charge in [0.1, 0.15) is 10.7 Å². The number of benzene rings is 1. The Hall–Kier alpha value is -2.18. The number of hydrogen-bond acceptors (Lipinski definition) is 4. The van der Waals surface area contributed by atoms with Crippen molar-refractivity contribution in [1.29, 1.82) is 0 Å². The topological polar surface area (TPSA) is 50.2 Å². The van der Waals surface area contributed by atoms with Crippen LogP contribution in [0.15, 0.2) is 35.7 Å². The van der Waals surface area contributed by atoms with Gasteiger partial charge in [0.15, 0.2) is 0 Å². The molecule has 3 rings (SSSR count). The largest absolute Gasteiger partial charge is 0.349 e. The van der Waals surface area contributed by atoms with Gasteiger partial charge in [-0.25, -0.2) is 4.98 Å². The number of para-hydroxylation sites is 1. The van der Waals surface area contributed by atoms with Crippen molar-refractivity contribution in [2.24, 2.45) is 7.05 Å². The number of fused-ring (bicyclic) bond motifs is 1. The third-order valence-electron chi connectivity index (χ3n) is 3.75. The van der Waals surface area contributed by atoms with Crippen LogP contribution in [0, 0.1) is 0 Å². The van der Waals surface area contributed by atoms with E-state index in [0.717, 1.165) is 22.8 Å². The fraction of sp³-hybridized carbons (Fsp3) is 0.294. The van der Waals surface area contributed by atoms with Crippen molar-refractivity contribution < 1.29 is 4.79 Å². The monoisotopic (exact) mass is 328 g/mol. The minimum absolute atomic E-state index is 0.117. The molecule has 0 atom stereocenters. The summed E-state index contributed by atoms with van der Waals surface area (Å²) in [5.41, 5.74) is 2.67. The summed E-state index contributed by atoms with van der Waals surface area (Å²) in [6.45, 7) is 1.43. The molecule has 23 heavy (non-hydrogen) atoms. The predicted octanol–water partition coefficient (Wildman–Crippen LogP) is 2.59. The highest BCUT2D eigenvalue weighted by Crippen LogP contribution is 2.29. The fourth-order valence-electron chi connectivity index (χ4n) is 2.47. The number of carbonyl (C=O) groups excluding carboxylic acids is 1. The Balaban J connectivity index is 1.80. The number of nitrogens with zero attached hydrogens (tertiary/aromatic N) is 3. The van der Waals surface area contributed by atoms with Crippen molar-refractivity contribution >= 4 is 28.1 Å². The van der Waals surface area contributed by atoms with Gasteiger partial charge in [0.2, 0.25) is 0 Å². The van der Waals surface area contributed by atoms with Crippen LogP contribution in [-0.4, -0.2) is 47.5 Å². The Morgan fingerprint density at radius 3 is 2.87 bits per heavy atom. The standard InChI is InChI=1S/C17H20N4OS/c1-20(2)9-8-18-16(22)13-11-23-17(19-13)15-10-12-6-4-5-7-14(12)21(15)3/h4-7,10-11H,8-9H2,1-3H3,(H,18,22). The van der Waals surface area contributed by atoms with Gasteiger partial charge in [-0.1, -0.05) is 18.2 Å². The van der Waals surface area contributed by atoms with E-state index in [9.17, 15) is 4.79 Å². The first-order valence-electron chi connectivity index (χ1n) is 7.49. The van der Waals surface area contributed by atoms with Crippen LogP contribution in [-0.2, 0) is 7.05 Å². The van der Waals surface area contributed by atoms with E-state index in [2.05, 4.69) is 33.1 Å². The summed E-state index contributed by atoms with van der Waals surface area (Å²) in [5, 5.41) is 6.75. The van der Waals surface area contributed by atoms with Crippen LogP contribution >= 0.6 is 11.3 Å². The van der Waals surface area contributed by atoms with Crippen molar-refractivity contribution in [2.45, 2.75) is 0 Å². The maximum atomic E-state index is 12.1. The molecule has 0 unspecified atom stereocenters. The molecule has 0 spiro atoms. The molecule has 1 N–H and O–H groups in total. The molecule has 0 aliphatic rings. The summed E-state index contributed by atoms with van der Waals surface area (Å²) in [6.07, 6.45) is 0. The quantitative estimate of drug-likeness (QED) is 0.783. The second-order valence-electron chi connectivity index (χ2n) is 5.74. The molecule has 5 nitrogen and oxygen atoms in total. The molecule has 0 saturated carbocycles. The third-order valence-corrected chi connectivity index (χ3v) is 4.62. The average Bonchev–Trinajstić information content (AvgIpc) is 3.12. The summed E-state index contributed by atoms with van der Waals surface area (Å²) < 4.78 is 2.11. The number of amides is 1. The van der Waals surface area contributed by atoms with Crippen LogP contribution in [0.2, 0.25) is 0 Å². The van der Waals surface area contributed by atoms with E-state index in [1.54, 1.807) is 0 Å². The molecule has 6 heteroatoms. The molecule has 1 amide bonds. The average molecular weight is 328 g/mol. The Bertz CT molecular complexity index is 834. The van der Waals surface area contributed by atoms with Crippen molar-refractivity contribution in [3.05, 3.63) is 41.4 Å². The van der Waals surface area contributed by atoms with Gasteiger partial charge in [0, 0.05) is 36.4 Å². The van der Waals surface area contributed by atoms with E-state index in [0.29, 0.717) is 12.2 Å². The van der Waals surface area contributed by atoms with Gasteiger partial charge >= 0.3 is 0 Å². The second-order valence-corrected chi connectivity index (χ2v) is 6.60. The lowest BCUT2D eigenvalue weighted by Crippen LogP contribution is -2.31. The summed E-state index contributed by atoms with van der Waals surface area (Å²) in [5.74, 6) is -0.117. The molecule has 3 aromatic rings. The van der Waals surface area contributed by atoms with E-state index in [4.69, 9.17) is 0 Å². The molecule has 0 aliphatic carbocycles. The van der Waals surface area contributed by atoms with Gasteiger partial charge in [0.05, 0.1) is 5.69 Å². The van der Waals surface area contributed by atoms with Crippen LogP contribution in [0.3, 0.4) is 0 Å². The minimum atomic E-state index is -0.117. The van der Waals surface area contributed by atoms with Crippen molar-refractivity contribution in [2.75, 3.05) is 27.2 Å². The summed E-state index contributed by atoms with van der Waals surface area (Å²) in [7, 11) is 5.98. The highest BCUT2D eigenvalue weighted by Gasteiger charge is 2.14. The molecule has 0 radical (unpaired) electrons. The summed E-state index contributed by atoms with van der Waals surface area (Å²) >= 11 is 1.50. The molecule has 0 aliphatic heterocycles. The maximum absolute atomic E-state index is 12.1. The van der Waals surface area contributed by atoms with E-state index >= 15 is 0 Å².